The highest BCUT2D eigenvalue weighted by Crippen LogP contribution is 2.51. The van der Waals surface area contributed by atoms with Gasteiger partial charge in [-0.05, 0) is 58.4 Å². The van der Waals surface area contributed by atoms with Crippen LogP contribution in [0.1, 0.15) is 42.0 Å². The van der Waals surface area contributed by atoms with Gasteiger partial charge in [-0.25, -0.2) is 0 Å². The summed E-state index contributed by atoms with van der Waals surface area (Å²) in [6.45, 7) is 15.9. The first-order chi connectivity index (χ1) is 10.7. The van der Waals surface area contributed by atoms with Gasteiger partial charge in [0.25, 0.3) is 0 Å². The monoisotopic (exact) mass is 390 g/mol. The molecule has 0 radical (unpaired) electrons. The number of benzene rings is 1. The fourth-order valence-corrected chi connectivity index (χ4v) is 3.96. The average Bonchev–Trinajstić information content (AvgIpc) is 2.77. The van der Waals surface area contributed by atoms with Crippen molar-refractivity contribution in [2.75, 3.05) is 39.8 Å². The van der Waals surface area contributed by atoms with Crippen molar-refractivity contribution >= 4 is 24.8 Å². The molecule has 1 N–H and O–H groups in total. The van der Waals surface area contributed by atoms with Gasteiger partial charge in [0.2, 0.25) is 0 Å². The fourth-order valence-electron chi connectivity index (χ4n) is 3.96. The summed E-state index contributed by atoms with van der Waals surface area (Å²) < 4.78 is 6.37. The third-order valence-electron chi connectivity index (χ3n) is 5.85. The molecule has 144 valence electrons. The number of hydrogen-bond donors (Lipinski definition) is 1. The maximum Gasteiger partial charge on any atom is 0.127 e. The van der Waals surface area contributed by atoms with E-state index < -0.39 is 0 Å². The molecule has 0 aromatic heterocycles. The van der Waals surface area contributed by atoms with Crippen molar-refractivity contribution in [3.05, 3.63) is 22.3 Å². The van der Waals surface area contributed by atoms with Crippen molar-refractivity contribution in [3.8, 4) is 11.5 Å². The number of rotatable bonds is 2. The summed E-state index contributed by atoms with van der Waals surface area (Å²) in [5, 5.41) is 10.5. The number of nitrogens with zero attached hydrogens (tertiary/aromatic N) is 2. The molecule has 2 heterocycles. The van der Waals surface area contributed by atoms with Crippen LogP contribution in [0.4, 0.5) is 0 Å². The molecule has 3 rings (SSSR count). The van der Waals surface area contributed by atoms with E-state index in [0.29, 0.717) is 11.7 Å². The van der Waals surface area contributed by atoms with Crippen molar-refractivity contribution in [2.45, 2.75) is 46.1 Å². The average molecular weight is 391 g/mol. The summed E-state index contributed by atoms with van der Waals surface area (Å²) in [5.41, 5.74) is 4.00. The first-order valence-electron chi connectivity index (χ1n) is 8.65. The Morgan fingerprint density at radius 3 is 2.12 bits per heavy atom. The van der Waals surface area contributed by atoms with E-state index in [9.17, 15) is 5.11 Å². The molecule has 1 unspecified atom stereocenters. The van der Waals surface area contributed by atoms with Gasteiger partial charge in [-0.3, -0.25) is 0 Å². The molecule has 4 nitrogen and oxygen atoms in total. The van der Waals surface area contributed by atoms with Gasteiger partial charge < -0.3 is 19.6 Å². The molecule has 2 aliphatic rings. The van der Waals surface area contributed by atoms with Gasteiger partial charge in [-0.15, -0.1) is 24.8 Å². The highest BCUT2D eigenvalue weighted by Gasteiger charge is 2.44. The lowest BCUT2D eigenvalue weighted by molar-refractivity contribution is 0.0745. The predicted molar refractivity (Wildman–Crippen MR) is 108 cm³/mol. The van der Waals surface area contributed by atoms with Crippen LogP contribution in [-0.2, 0) is 0 Å². The SMILES string of the molecule is Cc1c(C)c2c(c(C)c1O)C(CN1CCN(C)CC1)C(C)(C)O2.Cl.Cl. The first kappa shape index (κ1) is 22.4. The molecule has 25 heavy (non-hydrogen) atoms. The molecule has 0 bridgehead atoms. The Hall–Kier alpha value is -0.680. The van der Waals surface area contributed by atoms with E-state index in [-0.39, 0.29) is 30.4 Å². The van der Waals surface area contributed by atoms with Gasteiger partial charge in [0.1, 0.15) is 17.1 Å². The van der Waals surface area contributed by atoms with E-state index in [1.54, 1.807) is 0 Å². The van der Waals surface area contributed by atoms with Crippen LogP contribution >= 0.6 is 24.8 Å². The van der Waals surface area contributed by atoms with E-state index >= 15 is 0 Å². The number of aromatic hydroxyl groups is 1. The van der Waals surface area contributed by atoms with E-state index in [2.05, 4.69) is 37.6 Å². The number of ether oxygens (including phenoxy) is 1. The highest BCUT2D eigenvalue weighted by atomic mass is 35.5. The van der Waals surface area contributed by atoms with Crippen LogP contribution in [-0.4, -0.2) is 60.3 Å². The number of likely N-dealkylation sites (N-methyl/N-ethyl adjacent to an activating group) is 1. The Morgan fingerprint density at radius 2 is 1.56 bits per heavy atom. The maximum absolute atomic E-state index is 10.5. The van der Waals surface area contributed by atoms with Gasteiger partial charge in [0.15, 0.2) is 0 Å². The zero-order valence-electron chi connectivity index (χ0n) is 16.2. The Labute approximate surface area is 164 Å². The quantitative estimate of drug-likeness (QED) is 0.835. The third-order valence-corrected chi connectivity index (χ3v) is 5.85. The second-order valence-electron chi connectivity index (χ2n) is 7.83. The van der Waals surface area contributed by atoms with Crippen molar-refractivity contribution in [1.82, 2.24) is 9.80 Å². The molecule has 1 aromatic carbocycles. The van der Waals surface area contributed by atoms with E-state index in [1.807, 2.05) is 13.8 Å². The van der Waals surface area contributed by atoms with E-state index in [4.69, 9.17) is 4.74 Å². The fraction of sp³-hybridized carbons (Fsp3) is 0.684. The van der Waals surface area contributed by atoms with Crippen molar-refractivity contribution < 1.29 is 9.84 Å². The molecule has 1 fully saturated rings. The van der Waals surface area contributed by atoms with Crippen molar-refractivity contribution in [1.29, 1.82) is 0 Å². The molecule has 2 aliphatic heterocycles. The molecule has 0 saturated carbocycles. The minimum absolute atomic E-state index is 0. The van der Waals surface area contributed by atoms with Crippen LogP contribution in [0.3, 0.4) is 0 Å². The molecule has 1 saturated heterocycles. The number of phenols is 1. The van der Waals surface area contributed by atoms with Crippen molar-refractivity contribution in [2.24, 2.45) is 0 Å². The summed E-state index contributed by atoms with van der Waals surface area (Å²) in [6.07, 6.45) is 0. The molecular formula is C19H32Cl2N2O2. The van der Waals surface area contributed by atoms with Crippen LogP contribution < -0.4 is 4.74 Å². The number of halogens is 2. The Bertz CT molecular complexity index is 627. The zero-order chi connectivity index (χ0) is 16.9. The smallest absolute Gasteiger partial charge is 0.127 e. The molecule has 1 atom stereocenters. The van der Waals surface area contributed by atoms with Gasteiger partial charge in [0, 0.05) is 44.2 Å². The summed E-state index contributed by atoms with van der Waals surface area (Å²) >= 11 is 0. The summed E-state index contributed by atoms with van der Waals surface area (Å²) in [5.74, 6) is 1.74. The number of hydrogen-bond acceptors (Lipinski definition) is 4. The summed E-state index contributed by atoms with van der Waals surface area (Å²) in [7, 11) is 2.18. The van der Waals surface area contributed by atoms with Crippen LogP contribution in [0.15, 0.2) is 0 Å². The number of piperazine rings is 1. The second-order valence-corrected chi connectivity index (χ2v) is 7.83. The Kier molecular flexibility index (Phi) is 7.08. The van der Waals surface area contributed by atoms with Crippen LogP contribution in [0.5, 0.6) is 11.5 Å². The highest BCUT2D eigenvalue weighted by molar-refractivity contribution is 5.85. The maximum atomic E-state index is 10.5. The normalized spacial score (nSPS) is 22.6. The van der Waals surface area contributed by atoms with Crippen LogP contribution in [0, 0.1) is 20.8 Å². The van der Waals surface area contributed by atoms with Crippen LogP contribution in [0.2, 0.25) is 0 Å². The van der Waals surface area contributed by atoms with Gasteiger partial charge in [-0.2, -0.15) is 0 Å². The summed E-state index contributed by atoms with van der Waals surface area (Å²) in [4.78, 5) is 4.92. The topological polar surface area (TPSA) is 35.9 Å². The Morgan fingerprint density at radius 1 is 1.00 bits per heavy atom. The van der Waals surface area contributed by atoms with Gasteiger partial charge in [0.05, 0.1) is 0 Å². The second kappa shape index (κ2) is 7.91. The van der Waals surface area contributed by atoms with Crippen molar-refractivity contribution in [3.63, 3.8) is 0 Å². The van der Waals surface area contributed by atoms with Crippen LogP contribution in [0.25, 0.3) is 0 Å². The lowest BCUT2D eigenvalue weighted by Gasteiger charge is -2.36. The van der Waals surface area contributed by atoms with E-state index in [0.717, 1.165) is 55.2 Å². The van der Waals surface area contributed by atoms with Gasteiger partial charge >= 0.3 is 0 Å². The number of phenolic OH excluding ortho intramolecular Hbond substituents is 1. The third kappa shape index (κ3) is 3.87. The van der Waals surface area contributed by atoms with E-state index in [1.165, 1.54) is 5.56 Å². The standard InChI is InChI=1S/C19H30N2O2.2ClH/c1-12-13(2)18-16(14(3)17(12)22)15(19(4,5)23-18)11-21-9-7-20(6)8-10-21;;/h15,22H,7-11H2,1-6H3;2*1H. The van der Waals surface area contributed by atoms with Gasteiger partial charge in [-0.1, -0.05) is 0 Å². The minimum Gasteiger partial charge on any atom is -0.507 e. The zero-order valence-corrected chi connectivity index (χ0v) is 17.8. The lowest BCUT2D eigenvalue weighted by Crippen LogP contribution is -2.48. The number of fused-ring (bicyclic) bond motifs is 1. The first-order valence-corrected chi connectivity index (χ1v) is 8.65. The molecule has 0 aliphatic carbocycles. The largest absolute Gasteiger partial charge is 0.507 e. The minimum atomic E-state index is -0.235. The molecular weight excluding hydrogens is 359 g/mol. The Balaban J connectivity index is 0.00000156. The molecule has 6 heteroatoms. The molecule has 0 amide bonds. The lowest BCUT2D eigenvalue weighted by atomic mass is 9.82. The predicted octanol–water partition coefficient (Wildman–Crippen LogP) is 3.66. The summed E-state index contributed by atoms with van der Waals surface area (Å²) in [6, 6.07) is 0. The molecule has 0 spiro atoms. The molecule has 1 aromatic rings.